The number of carbonyl (C=O) groups excluding carboxylic acids is 1. The quantitative estimate of drug-likeness (QED) is 0.440. The number of likely N-dealkylation sites (tertiary alicyclic amines) is 1. The first-order valence-electron chi connectivity index (χ1n) is 5.09. The molecule has 1 amide bonds. The van der Waals surface area contributed by atoms with Crippen LogP contribution in [0.1, 0.15) is 18.9 Å². The lowest BCUT2D eigenvalue weighted by molar-refractivity contribution is -0.140. The number of hydrogen-bond donors (Lipinski definition) is 0. The first-order chi connectivity index (χ1) is 7.20. The summed E-state index contributed by atoms with van der Waals surface area (Å²) in [4.78, 5) is 14.0. The predicted molar refractivity (Wildman–Crippen MR) is 63.9 cm³/mol. The standard InChI is InChI=1S/C12H13NOS/c1-9(13-8-7-11(13)14)12(15)10-5-3-2-4-6-10/h2-6,9H,7-8H2,1H3. The first kappa shape index (κ1) is 10.3. The van der Waals surface area contributed by atoms with Crippen molar-refractivity contribution in [2.45, 2.75) is 19.4 Å². The van der Waals surface area contributed by atoms with Crippen LogP contribution in [-0.2, 0) is 4.79 Å². The lowest BCUT2D eigenvalue weighted by Gasteiger charge is -2.36. The van der Waals surface area contributed by atoms with E-state index in [0.717, 1.165) is 17.0 Å². The van der Waals surface area contributed by atoms with Crippen LogP contribution in [0.3, 0.4) is 0 Å². The third-order valence-electron chi connectivity index (χ3n) is 2.79. The van der Waals surface area contributed by atoms with Crippen molar-refractivity contribution in [1.29, 1.82) is 0 Å². The molecule has 2 nitrogen and oxygen atoms in total. The predicted octanol–water partition coefficient (Wildman–Crippen LogP) is 2.03. The second-order valence-electron chi connectivity index (χ2n) is 3.74. The minimum Gasteiger partial charge on any atom is -0.334 e. The van der Waals surface area contributed by atoms with E-state index in [0.29, 0.717) is 6.42 Å². The van der Waals surface area contributed by atoms with Gasteiger partial charge in [-0.3, -0.25) is 4.79 Å². The molecule has 3 heteroatoms. The molecule has 1 aromatic carbocycles. The van der Waals surface area contributed by atoms with Crippen molar-refractivity contribution in [2.24, 2.45) is 0 Å². The van der Waals surface area contributed by atoms with Gasteiger partial charge < -0.3 is 4.90 Å². The van der Waals surface area contributed by atoms with E-state index in [1.807, 2.05) is 42.2 Å². The summed E-state index contributed by atoms with van der Waals surface area (Å²) in [6.07, 6.45) is 0.668. The first-order valence-corrected chi connectivity index (χ1v) is 5.49. The normalized spacial score (nSPS) is 17.1. The molecular formula is C12H13NOS. The van der Waals surface area contributed by atoms with Gasteiger partial charge in [-0.1, -0.05) is 42.5 Å². The van der Waals surface area contributed by atoms with E-state index >= 15 is 0 Å². The van der Waals surface area contributed by atoms with E-state index in [9.17, 15) is 4.79 Å². The molecule has 0 aromatic heterocycles. The molecule has 0 N–H and O–H groups in total. The summed E-state index contributed by atoms with van der Waals surface area (Å²) >= 11 is 5.38. The number of rotatable bonds is 3. The molecule has 1 aliphatic heterocycles. The van der Waals surface area contributed by atoms with Crippen molar-refractivity contribution >= 4 is 23.0 Å². The molecule has 1 aliphatic rings. The van der Waals surface area contributed by atoms with Crippen molar-refractivity contribution in [3.8, 4) is 0 Å². The molecule has 78 valence electrons. The third kappa shape index (κ3) is 1.92. The molecule has 1 fully saturated rings. The molecule has 1 heterocycles. The average molecular weight is 219 g/mol. The molecular weight excluding hydrogens is 206 g/mol. The zero-order valence-electron chi connectivity index (χ0n) is 8.64. The van der Waals surface area contributed by atoms with Gasteiger partial charge in [-0.25, -0.2) is 0 Å². The minimum atomic E-state index is 0.0450. The average Bonchev–Trinajstić information content (AvgIpc) is 2.27. The molecule has 0 radical (unpaired) electrons. The van der Waals surface area contributed by atoms with Gasteiger partial charge in [-0.05, 0) is 12.5 Å². The van der Waals surface area contributed by atoms with Crippen LogP contribution in [0.25, 0.3) is 0 Å². The fourth-order valence-electron chi connectivity index (χ4n) is 1.73. The number of β-lactam (4-membered cyclic amide) rings is 1. The Kier molecular flexibility index (Phi) is 2.82. The summed E-state index contributed by atoms with van der Waals surface area (Å²) in [7, 11) is 0. The minimum absolute atomic E-state index is 0.0450. The summed E-state index contributed by atoms with van der Waals surface area (Å²) in [5.74, 6) is 0.209. The number of amides is 1. The van der Waals surface area contributed by atoms with Crippen LogP contribution >= 0.6 is 12.2 Å². The van der Waals surface area contributed by atoms with E-state index in [1.165, 1.54) is 0 Å². The van der Waals surface area contributed by atoms with E-state index in [-0.39, 0.29) is 11.9 Å². The Balaban J connectivity index is 2.11. The third-order valence-corrected chi connectivity index (χ3v) is 3.37. The summed E-state index contributed by atoms with van der Waals surface area (Å²) < 4.78 is 0. The molecule has 0 spiro atoms. The maximum atomic E-state index is 11.3. The Morgan fingerprint density at radius 1 is 1.40 bits per heavy atom. The van der Waals surface area contributed by atoms with Crippen molar-refractivity contribution in [3.05, 3.63) is 35.9 Å². The number of hydrogen-bond acceptors (Lipinski definition) is 2. The molecule has 1 atom stereocenters. The van der Waals surface area contributed by atoms with Crippen LogP contribution in [0, 0.1) is 0 Å². The Hall–Kier alpha value is -1.22. The van der Waals surface area contributed by atoms with Crippen LogP contribution < -0.4 is 0 Å². The van der Waals surface area contributed by atoms with Gasteiger partial charge in [0.05, 0.1) is 6.04 Å². The highest BCUT2D eigenvalue weighted by molar-refractivity contribution is 7.81. The zero-order chi connectivity index (χ0) is 10.8. The highest BCUT2D eigenvalue weighted by atomic mass is 32.1. The van der Waals surface area contributed by atoms with Gasteiger partial charge >= 0.3 is 0 Å². The molecule has 1 aromatic rings. The Bertz CT molecular complexity index is 388. The second kappa shape index (κ2) is 4.11. The van der Waals surface area contributed by atoms with Crippen LogP contribution in [0.15, 0.2) is 30.3 Å². The lowest BCUT2D eigenvalue weighted by atomic mass is 10.0. The largest absolute Gasteiger partial charge is 0.334 e. The van der Waals surface area contributed by atoms with Crippen molar-refractivity contribution in [1.82, 2.24) is 4.90 Å². The van der Waals surface area contributed by atoms with Crippen molar-refractivity contribution in [3.63, 3.8) is 0 Å². The van der Waals surface area contributed by atoms with E-state index in [2.05, 4.69) is 0 Å². The Morgan fingerprint density at radius 3 is 2.53 bits per heavy atom. The lowest BCUT2D eigenvalue weighted by Crippen LogP contribution is -2.51. The summed E-state index contributed by atoms with van der Waals surface area (Å²) in [6.45, 7) is 2.83. The Labute approximate surface area is 94.9 Å². The summed E-state index contributed by atoms with van der Waals surface area (Å²) in [5, 5.41) is 0. The number of nitrogens with zero attached hydrogens (tertiary/aromatic N) is 1. The second-order valence-corrected chi connectivity index (χ2v) is 4.18. The summed E-state index contributed by atoms with van der Waals surface area (Å²) in [5.41, 5.74) is 1.04. The Morgan fingerprint density at radius 2 is 2.07 bits per heavy atom. The molecule has 2 rings (SSSR count). The van der Waals surface area contributed by atoms with Crippen molar-refractivity contribution in [2.75, 3.05) is 6.54 Å². The molecule has 0 saturated carbocycles. The van der Waals surface area contributed by atoms with Gasteiger partial charge in [0.1, 0.15) is 0 Å². The van der Waals surface area contributed by atoms with E-state index < -0.39 is 0 Å². The molecule has 0 bridgehead atoms. The van der Waals surface area contributed by atoms with Crippen LogP contribution in [0.5, 0.6) is 0 Å². The highest BCUT2D eigenvalue weighted by Crippen LogP contribution is 2.17. The summed E-state index contributed by atoms with van der Waals surface area (Å²) in [6, 6.07) is 9.92. The van der Waals surface area contributed by atoms with Gasteiger partial charge in [0.25, 0.3) is 0 Å². The maximum Gasteiger partial charge on any atom is 0.224 e. The van der Waals surface area contributed by atoms with E-state index in [4.69, 9.17) is 12.2 Å². The van der Waals surface area contributed by atoms with Crippen LogP contribution in [0.4, 0.5) is 0 Å². The smallest absolute Gasteiger partial charge is 0.224 e. The van der Waals surface area contributed by atoms with Gasteiger partial charge in [0, 0.05) is 17.8 Å². The molecule has 1 saturated heterocycles. The maximum absolute atomic E-state index is 11.3. The van der Waals surface area contributed by atoms with Crippen LogP contribution in [-0.4, -0.2) is 28.3 Å². The molecule has 15 heavy (non-hydrogen) atoms. The monoisotopic (exact) mass is 219 g/mol. The van der Waals surface area contributed by atoms with Gasteiger partial charge in [-0.15, -0.1) is 0 Å². The fraction of sp³-hybridized carbons (Fsp3) is 0.333. The van der Waals surface area contributed by atoms with Gasteiger partial charge in [0.15, 0.2) is 0 Å². The number of thiocarbonyl (C=S) groups is 1. The molecule has 1 unspecified atom stereocenters. The highest BCUT2D eigenvalue weighted by Gasteiger charge is 2.30. The van der Waals surface area contributed by atoms with Gasteiger partial charge in [-0.2, -0.15) is 0 Å². The van der Waals surface area contributed by atoms with E-state index in [1.54, 1.807) is 0 Å². The fourth-order valence-corrected chi connectivity index (χ4v) is 1.99. The van der Waals surface area contributed by atoms with Crippen molar-refractivity contribution < 1.29 is 4.79 Å². The zero-order valence-corrected chi connectivity index (χ0v) is 9.46. The topological polar surface area (TPSA) is 20.3 Å². The van der Waals surface area contributed by atoms with Crippen LogP contribution in [0.2, 0.25) is 0 Å². The van der Waals surface area contributed by atoms with Gasteiger partial charge in [0.2, 0.25) is 5.91 Å². The number of carbonyl (C=O) groups is 1. The molecule has 0 aliphatic carbocycles. The number of benzene rings is 1. The SMILES string of the molecule is CC(C(=S)c1ccccc1)N1CCC1=O.